The van der Waals surface area contributed by atoms with Gasteiger partial charge in [-0.2, -0.15) is 0 Å². The fraction of sp³-hybridized carbons (Fsp3) is 0.435. The standard InChI is InChI=1S/C23H34N8O9/c24-14(8-12-3-5-13(32)6-4-12)20(37)28-10-17(33)30-15(2-1-7-27-23(25)26)21(38)29-11-18(34)31-16(22(39)40)9-19(35)36/h3-6,14-16,32H,1-2,7-11,24H2,(H,28,37)(H,29,38)(H,30,33)(H,31,34)(H,35,36)(H,39,40)(H4,25,26,27). The number of phenols is 1. The first-order valence-corrected chi connectivity index (χ1v) is 12.0. The Balaban J connectivity index is 2.67. The zero-order chi connectivity index (χ0) is 30.2. The third-order valence-electron chi connectivity index (χ3n) is 5.22. The lowest BCUT2D eigenvalue weighted by molar-refractivity contribution is -0.147. The fourth-order valence-electron chi connectivity index (χ4n) is 3.23. The average molecular weight is 567 g/mol. The Bertz CT molecular complexity index is 1080. The number of phenolic OH excluding ortho intramolecular Hbond substituents is 1. The first-order chi connectivity index (χ1) is 18.8. The number of nitrogens with one attached hydrogen (secondary N) is 6. The summed E-state index contributed by atoms with van der Waals surface area (Å²) in [4.78, 5) is 71.3. The van der Waals surface area contributed by atoms with Crippen molar-refractivity contribution in [3.8, 4) is 5.75 Å². The van der Waals surface area contributed by atoms with Crippen molar-refractivity contribution in [2.45, 2.75) is 43.8 Å². The molecule has 40 heavy (non-hydrogen) atoms. The summed E-state index contributed by atoms with van der Waals surface area (Å²) in [5, 5.41) is 45.8. The number of carboxylic acids is 2. The minimum Gasteiger partial charge on any atom is -0.508 e. The van der Waals surface area contributed by atoms with Crippen molar-refractivity contribution in [3.05, 3.63) is 29.8 Å². The van der Waals surface area contributed by atoms with E-state index in [0.717, 1.165) is 0 Å². The lowest BCUT2D eigenvalue weighted by atomic mass is 10.1. The minimum atomic E-state index is -1.71. The summed E-state index contributed by atoms with van der Waals surface area (Å²) >= 11 is 0. The van der Waals surface area contributed by atoms with Gasteiger partial charge in [-0.3, -0.25) is 29.4 Å². The van der Waals surface area contributed by atoms with Gasteiger partial charge in [0.25, 0.3) is 0 Å². The fourth-order valence-corrected chi connectivity index (χ4v) is 3.23. The second kappa shape index (κ2) is 16.8. The molecule has 3 unspecified atom stereocenters. The van der Waals surface area contributed by atoms with E-state index in [0.29, 0.717) is 5.56 Å². The summed E-state index contributed by atoms with van der Waals surface area (Å²) in [6.07, 6.45) is -0.446. The Morgan fingerprint density at radius 1 is 0.850 bits per heavy atom. The van der Waals surface area contributed by atoms with Gasteiger partial charge in [-0.05, 0) is 37.0 Å². The molecule has 0 saturated carbocycles. The number of rotatable bonds is 17. The van der Waals surface area contributed by atoms with Gasteiger partial charge in [0.15, 0.2) is 5.96 Å². The normalized spacial score (nSPS) is 12.6. The molecule has 17 heteroatoms. The SMILES string of the molecule is N=C(N)NCCCC(NC(=O)CNC(=O)C(N)Cc1ccc(O)cc1)C(=O)NCC(=O)NC(CC(=O)O)C(=O)O. The molecule has 0 aromatic heterocycles. The molecule has 0 radical (unpaired) electrons. The number of aromatic hydroxyl groups is 1. The molecular formula is C23H34N8O9. The van der Waals surface area contributed by atoms with Crippen molar-refractivity contribution >= 4 is 41.5 Å². The Hall–Kier alpha value is -4.93. The Morgan fingerprint density at radius 3 is 1.93 bits per heavy atom. The van der Waals surface area contributed by atoms with Gasteiger partial charge >= 0.3 is 11.9 Å². The molecule has 0 spiro atoms. The quantitative estimate of drug-likeness (QED) is 0.0493. The van der Waals surface area contributed by atoms with E-state index in [4.69, 9.17) is 27.1 Å². The number of benzene rings is 1. The number of amides is 4. The van der Waals surface area contributed by atoms with E-state index in [1.165, 1.54) is 12.1 Å². The van der Waals surface area contributed by atoms with Gasteiger partial charge in [0, 0.05) is 6.54 Å². The Labute approximate surface area is 228 Å². The molecule has 4 amide bonds. The molecule has 0 fully saturated rings. The highest BCUT2D eigenvalue weighted by Crippen LogP contribution is 2.10. The highest BCUT2D eigenvalue weighted by atomic mass is 16.4. The lowest BCUT2D eigenvalue weighted by Crippen LogP contribution is -2.53. The molecule has 1 aromatic carbocycles. The van der Waals surface area contributed by atoms with Gasteiger partial charge in [-0.1, -0.05) is 12.1 Å². The average Bonchev–Trinajstić information content (AvgIpc) is 2.87. The first kappa shape index (κ1) is 33.1. The summed E-state index contributed by atoms with van der Waals surface area (Å²) in [6, 6.07) is 2.17. The van der Waals surface area contributed by atoms with Gasteiger partial charge < -0.3 is 53.4 Å². The molecule has 0 aliphatic heterocycles. The van der Waals surface area contributed by atoms with Crippen LogP contribution in [-0.4, -0.2) is 94.6 Å². The van der Waals surface area contributed by atoms with Crippen LogP contribution in [0.25, 0.3) is 0 Å². The summed E-state index contributed by atoms with van der Waals surface area (Å²) in [6.45, 7) is -1.04. The lowest BCUT2D eigenvalue weighted by Gasteiger charge is -2.20. The molecule has 0 aliphatic rings. The summed E-state index contributed by atoms with van der Waals surface area (Å²) < 4.78 is 0. The predicted molar refractivity (Wildman–Crippen MR) is 139 cm³/mol. The predicted octanol–water partition coefficient (Wildman–Crippen LogP) is -3.71. The van der Waals surface area contributed by atoms with Gasteiger partial charge in [0.2, 0.25) is 23.6 Å². The van der Waals surface area contributed by atoms with Crippen molar-refractivity contribution in [1.82, 2.24) is 26.6 Å². The molecule has 0 bridgehead atoms. The molecule has 0 heterocycles. The maximum atomic E-state index is 12.7. The number of guanidine groups is 1. The monoisotopic (exact) mass is 566 g/mol. The Kier molecular flexibility index (Phi) is 13.9. The maximum absolute atomic E-state index is 12.7. The van der Waals surface area contributed by atoms with E-state index in [2.05, 4.69) is 21.3 Å². The van der Waals surface area contributed by atoms with Gasteiger partial charge in [-0.25, -0.2) is 4.79 Å². The Morgan fingerprint density at radius 2 is 1.40 bits per heavy atom. The van der Waals surface area contributed by atoms with Crippen LogP contribution in [0.4, 0.5) is 0 Å². The number of carbonyl (C=O) groups excluding carboxylic acids is 4. The van der Waals surface area contributed by atoms with Crippen LogP contribution < -0.4 is 38.1 Å². The van der Waals surface area contributed by atoms with Crippen LogP contribution in [0.15, 0.2) is 24.3 Å². The molecule has 13 N–H and O–H groups in total. The van der Waals surface area contributed by atoms with Crippen molar-refractivity contribution in [2.24, 2.45) is 11.5 Å². The second-order valence-corrected chi connectivity index (χ2v) is 8.57. The molecule has 0 aliphatic carbocycles. The van der Waals surface area contributed by atoms with Crippen LogP contribution in [0.1, 0.15) is 24.8 Å². The largest absolute Gasteiger partial charge is 0.508 e. The summed E-state index contributed by atoms with van der Waals surface area (Å²) in [7, 11) is 0. The number of hydrogen-bond acceptors (Lipinski definition) is 9. The highest BCUT2D eigenvalue weighted by molar-refractivity contribution is 5.93. The van der Waals surface area contributed by atoms with Crippen molar-refractivity contribution in [1.29, 1.82) is 5.41 Å². The number of carboxylic acid groups (broad SMARTS) is 2. The zero-order valence-corrected chi connectivity index (χ0v) is 21.4. The number of aliphatic carboxylic acids is 2. The second-order valence-electron chi connectivity index (χ2n) is 8.57. The number of nitrogens with two attached hydrogens (primary N) is 2. The van der Waals surface area contributed by atoms with Gasteiger partial charge in [0.05, 0.1) is 25.6 Å². The smallest absolute Gasteiger partial charge is 0.326 e. The van der Waals surface area contributed by atoms with Crippen molar-refractivity contribution < 1.29 is 44.1 Å². The van der Waals surface area contributed by atoms with Gasteiger partial charge in [-0.15, -0.1) is 0 Å². The van der Waals surface area contributed by atoms with E-state index in [-0.39, 0.29) is 37.5 Å². The third kappa shape index (κ3) is 13.6. The van der Waals surface area contributed by atoms with Crippen LogP contribution in [-0.2, 0) is 35.2 Å². The number of hydrogen-bond donors (Lipinski definition) is 11. The van der Waals surface area contributed by atoms with Crippen LogP contribution in [0.2, 0.25) is 0 Å². The van der Waals surface area contributed by atoms with E-state index >= 15 is 0 Å². The molecule has 0 saturated heterocycles. The van der Waals surface area contributed by atoms with E-state index in [1.54, 1.807) is 12.1 Å². The van der Waals surface area contributed by atoms with E-state index < -0.39 is 73.2 Å². The van der Waals surface area contributed by atoms with Crippen LogP contribution in [0, 0.1) is 5.41 Å². The first-order valence-electron chi connectivity index (χ1n) is 12.0. The molecular weight excluding hydrogens is 532 g/mol. The molecule has 220 valence electrons. The molecule has 1 rings (SSSR count). The van der Waals surface area contributed by atoms with Crippen LogP contribution in [0.3, 0.4) is 0 Å². The third-order valence-corrected chi connectivity index (χ3v) is 5.22. The van der Waals surface area contributed by atoms with Crippen molar-refractivity contribution in [3.63, 3.8) is 0 Å². The van der Waals surface area contributed by atoms with Crippen LogP contribution >= 0.6 is 0 Å². The number of carbonyl (C=O) groups is 6. The maximum Gasteiger partial charge on any atom is 0.326 e. The minimum absolute atomic E-state index is 0.0323. The van der Waals surface area contributed by atoms with Crippen LogP contribution in [0.5, 0.6) is 5.75 Å². The van der Waals surface area contributed by atoms with E-state index in [9.17, 15) is 33.9 Å². The molecule has 1 aromatic rings. The van der Waals surface area contributed by atoms with E-state index in [1.807, 2.05) is 5.32 Å². The zero-order valence-electron chi connectivity index (χ0n) is 21.4. The topological polar surface area (TPSA) is 299 Å². The van der Waals surface area contributed by atoms with Crippen molar-refractivity contribution in [2.75, 3.05) is 19.6 Å². The summed E-state index contributed by atoms with van der Waals surface area (Å²) in [5.74, 6) is -6.45. The van der Waals surface area contributed by atoms with Gasteiger partial charge in [0.1, 0.15) is 17.8 Å². The highest BCUT2D eigenvalue weighted by Gasteiger charge is 2.25. The molecule has 17 nitrogen and oxygen atoms in total. The summed E-state index contributed by atoms with van der Waals surface area (Å²) in [5.41, 5.74) is 11.8. The molecule has 3 atom stereocenters.